The summed E-state index contributed by atoms with van der Waals surface area (Å²) in [6.07, 6.45) is 1.83. The second-order valence-corrected chi connectivity index (χ2v) is 7.53. The fourth-order valence-corrected chi connectivity index (χ4v) is 3.69. The smallest absolute Gasteiger partial charge is 0.240 e. The van der Waals surface area contributed by atoms with Crippen LogP contribution in [-0.2, 0) is 14.8 Å². The highest BCUT2D eigenvalue weighted by atomic mass is 79.9. The molecule has 0 spiro atoms. The van der Waals surface area contributed by atoms with E-state index in [-0.39, 0.29) is 11.4 Å². The minimum atomic E-state index is -3.54. The molecule has 3 N–H and O–H groups in total. The van der Waals surface area contributed by atoms with Crippen molar-refractivity contribution in [1.82, 2.24) is 4.72 Å². The van der Waals surface area contributed by atoms with E-state index in [0.29, 0.717) is 16.8 Å². The molecule has 0 radical (unpaired) electrons. The average molecular weight is 349 g/mol. The second-order valence-electron chi connectivity index (χ2n) is 4.91. The summed E-state index contributed by atoms with van der Waals surface area (Å²) in [5.74, 6) is 0. The van der Waals surface area contributed by atoms with Gasteiger partial charge in [0.15, 0.2) is 0 Å². The molecule has 19 heavy (non-hydrogen) atoms. The lowest BCUT2D eigenvalue weighted by molar-refractivity contribution is 0.0250. The Morgan fingerprint density at radius 1 is 1.53 bits per heavy atom. The van der Waals surface area contributed by atoms with E-state index in [1.54, 1.807) is 6.07 Å². The monoisotopic (exact) mass is 348 g/mol. The SMILES string of the molecule is CC1(CNS(=O)(=O)c2ccc(N)c(Br)c2)CCCO1. The Hall–Kier alpha value is -0.630. The highest BCUT2D eigenvalue weighted by molar-refractivity contribution is 9.10. The number of sulfonamides is 1. The molecule has 0 aliphatic carbocycles. The third-order valence-corrected chi connectivity index (χ3v) is 5.30. The fraction of sp³-hybridized carbons (Fsp3) is 0.500. The van der Waals surface area contributed by atoms with Crippen LogP contribution in [0.15, 0.2) is 27.6 Å². The number of nitrogens with one attached hydrogen (secondary N) is 1. The van der Waals surface area contributed by atoms with E-state index in [4.69, 9.17) is 10.5 Å². The molecule has 0 saturated carbocycles. The molecule has 1 aliphatic heterocycles. The zero-order chi connectivity index (χ0) is 14.1. The molecule has 1 aliphatic rings. The minimum absolute atomic E-state index is 0.190. The number of benzene rings is 1. The molecule has 0 bridgehead atoms. The van der Waals surface area contributed by atoms with Crippen LogP contribution in [0.5, 0.6) is 0 Å². The summed E-state index contributed by atoms with van der Waals surface area (Å²) in [4.78, 5) is 0.190. The molecule has 1 aromatic carbocycles. The van der Waals surface area contributed by atoms with E-state index in [1.165, 1.54) is 12.1 Å². The van der Waals surface area contributed by atoms with Crippen molar-refractivity contribution >= 4 is 31.6 Å². The largest absolute Gasteiger partial charge is 0.398 e. The quantitative estimate of drug-likeness (QED) is 0.814. The first-order valence-corrected chi connectivity index (χ1v) is 8.29. The summed E-state index contributed by atoms with van der Waals surface area (Å²) >= 11 is 3.22. The second kappa shape index (κ2) is 5.40. The maximum Gasteiger partial charge on any atom is 0.240 e. The average Bonchev–Trinajstić information content (AvgIpc) is 2.78. The molecule has 0 amide bonds. The highest BCUT2D eigenvalue weighted by Crippen LogP contribution is 2.26. The van der Waals surface area contributed by atoms with Crippen molar-refractivity contribution < 1.29 is 13.2 Å². The van der Waals surface area contributed by atoms with Crippen LogP contribution >= 0.6 is 15.9 Å². The zero-order valence-corrected chi connectivity index (χ0v) is 13.1. The molecule has 1 unspecified atom stereocenters. The molecule has 1 saturated heterocycles. The van der Waals surface area contributed by atoms with Gasteiger partial charge in [-0.25, -0.2) is 13.1 Å². The Balaban J connectivity index is 2.11. The zero-order valence-electron chi connectivity index (χ0n) is 10.6. The van der Waals surface area contributed by atoms with E-state index >= 15 is 0 Å². The van der Waals surface area contributed by atoms with Gasteiger partial charge in [0, 0.05) is 23.3 Å². The van der Waals surface area contributed by atoms with E-state index in [0.717, 1.165) is 12.8 Å². The fourth-order valence-electron chi connectivity index (χ4n) is 1.98. The van der Waals surface area contributed by atoms with Gasteiger partial charge in [-0.2, -0.15) is 0 Å². The standard InChI is InChI=1S/C12H17BrN2O3S/c1-12(5-2-6-18-12)8-15-19(16,17)9-3-4-11(14)10(13)7-9/h3-4,7,15H,2,5-6,8,14H2,1H3. The number of anilines is 1. The number of halogens is 1. The predicted octanol–water partition coefficient (Wildman–Crippen LogP) is 1.88. The Morgan fingerprint density at radius 3 is 2.84 bits per heavy atom. The number of hydrogen-bond donors (Lipinski definition) is 2. The van der Waals surface area contributed by atoms with Crippen LogP contribution in [0, 0.1) is 0 Å². The van der Waals surface area contributed by atoms with E-state index in [9.17, 15) is 8.42 Å². The highest BCUT2D eigenvalue weighted by Gasteiger charge is 2.31. The Bertz CT molecular complexity index is 568. The van der Waals surface area contributed by atoms with E-state index < -0.39 is 15.6 Å². The van der Waals surface area contributed by atoms with Gasteiger partial charge in [0.25, 0.3) is 0 Å². The molecule has 1 fully saturated rings. The van der Waals surface area contributed by atoms with Gasteiger partial charge in [0.1, 0.15) is 0 Å². The minimum Gasteiger partial charge on any atom is -0.398 e. The topological polar surface area (TPSA) is 81.4 Å². The maximum absolute atomic E-state index is 12.2. The molecular weight excluding hydrogens is 332 g/mol. The maximum atomic E-state index is 12.2. The van der Waals surface area contributed by atoms with Crippen molar-refractivity contribution in [2.24, 2.45) is 0 Å². The van der Waals surface area contributed by atoms with Crippen LogP contribution in [0.1, 0.15) is 19.8 Å². The van der Waals surface area contributed by atoms with Crippen LogP contribution in [0.2, 0.25) is 0 Å². The van der Waals surface area contributed by atoms with Gasteiger partial charge in [0.2, 0.25) is 10.0 Å². The van der Waals surface area contributed by atoms with Crippen molar-refractivity contribution in [3.63, 3.8) is 0 Å². The lowest BCUT2D eigenvalue weighted by atomic mass is 10.0. The van der Waals surface area contributed by atoms with Crippen LogP contribution < -0.4 is 10.5 Å². The third kappa shape index (κ3) is 3.47. The summed E-state index contributed by atoms with van der Waals surface area (Å²) in [5, 5.41) is 0. The molecule has 1 atom stereocenters. The molecule has 106 valence electrons. The first-order valence-electron chi connectivity index (χ1n) is 6.01. The Labute approximate surface area is 121 Å². The van der Waals surface area contributed by atoms with Gasteiger partial charge in [0.05, 0.1) is 10.5 Å². The molecule has 2 rings (SSSR count). The molecule has 7 heteroatoms. The van der Waals surface area contributed by atoms with Crippen LogP contribution in [0.3, 0.4) is 0 Å². The van der Waals surface area contributed by atoms with Crippen LogP contribution in [0.4, 0.5) is 5.69 Å². The molecular formula is C12H17BrN2O3S. The van der Waals surface area contributed by atoms with E-state index in [2.05, 4.69) is 20.7 Å². The van der Waals surface area contributed by atoms with Gasteiger partial charge in [-0.05, 0) is 53.9 Å². The molecule has 1 heterocycles. The van der Waals surface area contributed by atoms with Gasteiger partial charge < -0.3 is 10.5 Å². The predicted molar refractivity (Wildman–Crippen MR) is 77.3 cm³/mol. The number of hydrogen-bond acceptors (Lipinski definition) is 4. The van der Waals surface area contributed by atoms with Crippen molar-refractivity contribution in [1.29, 1.82) is 0 Å². The first kappa shape index (κ1) is 14.8. The van der Waals surface area contributed by atoms with Crippen molar-refractivity contribution in [2.75, 3.05) is 18.9 Å². The number of nitrogen functional groups attached to an aromatic ring is 1. The number of rotatable bonds is 4. The normalized spacial score (nSPS) is 23.7. The van der Waals surface area contributed by atoms with Crippen molar-refractivity contribution in [3.8, 4) is 0 Å². The van der Waals surface area contributed by atoms with Crippen molar-refractivity contribution in [3.05, 3.63) is 22.7 Å². The summed E-state index contributed by atoms with van der Waals surface area (Å²) in [7, 11) is -3.54. The molecule has 5 nitrogen and oxygen atoms in total. The van der Waals surface area contributed by atoms with Gasteiger partial charge in [-0.15, -0.1) is 0 Å². The summed E-state index contributed by atoms with van der Waals surface area (Å²) in [6, 6.07) is 4.54. The van der Waals surface area contributed by atoms with Gasteiger partial charge >= 0.3 is 0 Å². The Kier molecular flexibility index (Phi) is 4.20. The summed E-state index contributed by atoms with van der Waals surface area (Å²) < 4.78 is 33.0. The number of ether oxygens (including phenoxy) is 1. The lowest BCUT2D eigenvalue weighted by Crippen LogP contribution is -2.40. The Morgan fingerprint density at radius 2 is 2.26 bits per heavy atom. The summed E-state index contributed by atoms with van der Waals surface area (Å²) in [6.45, 7) is 2.88. The lowest BCUT2D eigenvalue weighted by Gasteiger charge is -2.23. The van der Waals surface area contributed by atoms with Crippen LogP contribution in [-0.4, -0.2) is 27.2 Å². The first-order chi connectivity index (χ1) is 8.82. The third-order valence-electron chi connectivity index (χ3n) is 3.22. The van der Waals surface area contributed by atoms with E-state index in [1.807, 2.05) is 6.92 Å². The molecule has 1 aromatic rings. The van der Waals surface area contributed by atoms with Crippen molar-refractivity contribution in [2.45, 2.75) is 30.3 Å². The number of nitrogens with two attached hydrogens (primary N) is 1. The van der Waals surface area contributed by atoms with Crippen LogP contribution in [0.25, 0.3) is 0 Å². The molecule has 0 aromatic heterocycles. The van der Waals surface area contributed by atoms with Gasteiger partial charge in [-0.1, -0.05) is 0 Å². The summed E-state index contributed by atoms with van der Waals surface area (Å²) in [5.41, 5.74) is 5.74. The van der Waals surface area contributed by atoms with Gasteiger partial charge in [-0.3, -0.25) is 0 Å².